The van der Waals surface area contributed by atoms with Gasteiger partial charge in [-0.15, -0.1) is 0 Å². The number of ether oxygens (including phenoxy) is 1. The van der Waals surface area contributed by atoms with Crippen LogP contribution in [0.15, 0.2) is 18.2 Å². The van der Waals surface area contributed by atoms with Gasteiger partial charge in [-0.05, 0) is 6.07 Å². The zero-order chi connectivity index (χ0) is 16.2. The minimum Gasteiger partial charge on any atom is -0.484 e. The van der Waals surface area contributed by atoms with Crippen LogP contribution in [0.4, 0.5) is 11.4 Å². The van der Waals surface area contributed by atoms with Crippen molar-refractivity contribution in [3.05, 3.63) is 38.4 Å². The van der Waals surface area contributed by atoms with Crippen molar-refractivity contribution in [2.24, 2.45) is 0 Å². The van der Waals surface area contributed by atoms with Crippen molar-refractivity contribution < 1.29 is 34.0 Å². The van der Waals surface area contributed by atoms with Crippen molar-refractivity contribution in [3.8, 4) is 5.75 Å². The molecule has 1 unspecified atom stereocenters. The molecule has 0 saturated heterocycles. The van der Waals surface area contributed by atoms with E-state index in [1.165, 1.54) is 0 Å². The number of nitro groups is 2. The molecule has 0 fully saturated rings. The Balaban J connectivity index is 2.86. The third kappa shape index (κ3) is 5.44. The van der Waals surface area contributed by atoms with Gasteiger partial charge in [0.25, 0.3) is 5.69 Å². The number of rotatable bonds is 7. The lowest BCUT2D eigenvalue weighted by atomic mass is 10.2. The van der Waals surface area contributed by atoms with E-state index in [4.69, 9.17) is 14.5 Å². The molecule has 0 aliphatic rings. The summed E-state index contributed by atoms with van der Waals surface area (Å²) in [5.74, 6) is -0.352. The number of benzene rings is 1. The number of nitrogens with zero attached hydrogens (tertiary/aromatic N) is 2. The van der Waals surface area contributed by atoms with Crippen molar-refractivity contribution in [1.29, 1.82) is 0 Å². The standard InChI is InChI=1S/C9H11N2O9P/c12-7(5-21(17,18)19)4-20-9-2-1-6(10(13)14)3-8(9)11(15)16/h1-3,7,12H,4-5H2,(H2,17,18,19). The zero-order valence-electron chi connectivity index (χ0n) is 10.4. The molecule has 0 aromatic heterocycles. The maximum atomic E-state index is 10.8. The maximum Gasteiger partial charge on any atom is 0.328 e. The summed E-state index contributed by atoms with van der Waals surface area (Å²) in [7, 11) is -4.45. The molecule has 0 aliphatic carbocycles. The lowest BCUT2D eigenvalue weighted by Gasteiger charge is -2.12. The third-order valence-electron chi connectivity index (χ3n) is 2.23. The second-order valence-electron chi connectivity index (χ2n) is 3.98. The molecule has 11 nitrogen and oxygen atoms in total. The predicted octanol–water partition coefficient (Wildman–Crippen LogP) is 0.420. The Morgan fingerprint density at radius 1 is 1.24 bits per heavy atom. The van der Waals surface area contributed by atoms with Gasteiger partial charge in [-0.2, -0.15) is 0 Å². The lowest BCUT2D eigenvalue weighted by Crippen LogP contribution is -2.22. The van der Waals surface area contributed by atoms with Gasteiger partial charge in [-0.1, -0.05) is 0 Å². The van der Waals surface area contributed by atoms with E-state index in [1.807, 2.05) is 0 Å². The maximum absolute atomic E-state index is 10.8. The minimum atomic E-state index is -4.45. The first-order valence-corrected chi connectivity index (χ1v) is 7.18. The first kappa shape index (κ1) is 17.0. The molecule has 12 heteroatoms. The molecule has 21 heavy (non-hydrogen) atoms. The summed E-state index contributed by atoms with van der Waals surface area (Å²) in [5, 5.41) is 30.6. The van der Waals surface area contributed by atoms with Gasteiger partial charge in [0.1, 0.15) is 6.61 Å². The molecule has 0 saturated carbocycles. The van der Waals surface area contributed by atoms with Crippen LogP contribution in [0.3, 0.4) is 0 Å². The van der Waals surface area contributed by atoms with Crippen molar-refractivity contribution in [3.63, 3.8) is 0 Å². The summed E-state index contributed by atoms with van der Waals surface area (Å²) in [4.78, 5) is 36.9. The molecule has 1 aromatic rings. The molecule has 0 bridgehead atoms. The average molecular weight is 322 g/mol. The molecule has 0 spiro atoms. The number of hydrogen-bond donors (Lipinski definition) is 3. The van der Waals surface area contributed by atoms with Crippen molar-refractivity contribution in [2.45, 2.75) is 6.10 Å². The minimum absolute atomic E-state index is 0.352. The number of aliphatic hydroxyl groups excluding tert-OH is 1. The Labute approximate surface area is 117 Å². The van der Waals surface area contributed by atoms with Crippen LogP contribution in [0.1, 0.15) is 0 Å². The van der Waals surface area contributed by atoms with Gasteiger partial charge in [-0.3, -0.25) is 24.8 Å². The Bertz CT molecular complexity index is 599. The van der Waals surface area contributed by atoms with Gasteiger partial charge in [0.15, 0.2) is 5.75 Å². The van der Waals surface area contributed by atoms with Crippen molar-refractivity contribution in [1.82, 2.24) is 0 Å². The van der Waals surface area contributed by atoms with Gasteiger partial charge < -0.3 is 19.6 Å². The summed E-state index contributed by atoms with van der Waals surface area (Å²) in [6, 6.07) is 2.63. The molecule has 116 valence electrons. The molecule has 0 heterocycles. The molecular formula is C9H11N2O9P. The van der Waals surface area contributed by atoms with E-state index < -0.39 is 47.7 Å². The Morgan fingerprint density at radius 3 is 2.33 bits per heavy atom. The van der Waals surface area contributed by atoms with Crippen LogP contribution in [0.2, 0.25) is 0 Å². The second kappa shape index (κ2) is 6.59. The highest BCUT2D eigenvalue weighted by Gasteiger charge is 2.24. The topological polar surface area (TPSA) is 173 Å². The summed E-state index contributed by atoms with van der Waals surface area (Å²) in [6.07, 6.45) is -2.41. The zero-order valence-corrected chi connectivity index (χ0v) is 11.3. The molecule has 0 amide bonds. The van der Waals surface area contributed by atoms with E-state index in [1.54, 1.807) is 0 Å². The Kier molecular flexibility index (Phi) is 5.33. The molecule has 0 aliphatic heterocycles. The quantitative estimate of drug-likeness (QED) is 0.365. The number of nitro benzene ring substituents is 2. The number of hydrogen-bond acceptors (Lipinski definition) is 7. The summed E-state index contributed by atoms with van der Waals surface area (Å²) < 4.78 is 15.5. The molecular weight excluding hydrogens is 311 g/mol. The summed E-state index contributed by atoms with van der Waals surface area (Å²) >= 11 is 0. The van der Waals surface area contributed by atoms with E-state index in [9.17, 15) is 29.9 Å². The first-order chi connectivity index (χ1) is 9.60. The van der Waals surface area contributed by atoms with E-state index in [0.717, 1.165) is 12.1 Å². The lowest BCUT2D eigenvalue weighted by molar-refractivity contribution is -0.394. The Morgan fingerprint density at radius 2 is 1.86 bits per heavy atom. The molecule has 1 atom stereocenters. The third-order valence-corrected chi connectivity index (χ3v) is 3.13. The van der Waals surface area contributed by atoms with E-state index in [0.29, 0.717) is 6.07 Å². The smallest absolute Gasteiger partial charge is 0.328 e. The highest BCUT2D eigenvalue weighted by molar-refractivity contribution is 7.51. The molecule has 0 radical (unpaired) electrons. The SMILES string of the molecule is O=[N+]([O-])c1ccc(OCC(O)CP(=O)(O)O)c([N+](=O)[O-])c1. The van der Waals surface area contributed by atoms with Crippen LogP contribution in [0, 0.1) is 20.2 Å². The van der Waals surface area contributed by atoms with Crippen LogP contribution in [-0.2, 0) is 4.57 Å². The second-order valence-corrected chi connectivity index (χ2v) is 5.67. The fourth-order valence-corrected chi connectivity index (χ4v) is 2.05. The average Bonchev–Trinajstić information content (AvgIpc) is 2.33. The van der Waals surface area contributed by atoms with Crippen LogP contribution < -0.4 is 4.74 Å². The van der Waals surface area contributed by atoms with Crippen LogP contribution in [0.25, 0.3) is 0 Å². The highest BCUT2D eigenvalue weighted by atomic mass is 31.2. The monoisotopic (exact) mass is 322 g/mol. The van der Waals surface area contributed by atoms with E-state index >= 15 is 0 Å². The molecule has 3 N–H and O–H groups in total. The van der Waals surface area contributed by atoms with Gasteiger partial charge >= 0.3 is 13.3 Å². The van der Waals surface area contributed by atoms with E-state index in [-0.39, 0.29) is 5.75 Å². The highest BCUT2D eigenvalue weighted by Crippen LogP contribution is 2.35. The Hall–Kier alpha value is -2.07. The van der Waals surface area contributed by atoms with Crippen LogP contribution in [-0.4, -0.2) is 43.6 Å². The van der Waals surface area contributed by atoms with E-state index in [2.05, 4.69) is 0 Å². The van der Waals surface area contributed by atoms with Gasteiger partial charge in [0, 0.05) is 6.07 Å². The largest absolute Gasteiger partial charge is 0.484 e. The normalized spacial score (nSPS) is 12.7. The van der Waals surface area contributed by atoms with Crippen molar-refractivity contribution in [2.75, 3.05) is 12.8 Å². The summed E-state index contributed by atoms with van der Waals surface area (Å²) in [6.45, 7) is -0.607. The number of aliphatic hydroxyl groups is 1. The van der Waals surface area contributed by atoms with Crippen LogP contribution >= 0.6 is 7.60 Å². The van der Waals surface area contributed by atoms with Gasteiger partial charge in [0.2, 0.25) is 0 Å². The summed E-state index contributed by atoms with van der Waals surface area (Å²) in [5.41, 5.74) is -1.20. The molecule has 1 aromatic carbocycles. The fraction of sp³-hybridized carbons (Fsp3) is 0.333. The fourth-order valence-electron chi connectivity index (χ4n) is 1.40. The van der Waals surface area contributed by atoms with Gasteiger partial charge in [-0.25, -0.2) is 0 Å². The van der Waals surface area contributed by atoms with Gasteiger partial charge in [0.05, 0.1) is 28.2 Å². The predicted molar refractivity (Wildman–Crippen MR) is 68.2 cm³/mol. The number of non-ortho nitro benzene ring substituents is 1. The molecule has 1 rings (SSSR count). The first-order valence-electron chi connectivity index (χ1n) is 5.38. The van der Waals surface area contributed by atoms with Crippen molar-refractivity contribution >= 4 is 19.0 Å². The van der Waals surface area contributed by atoms with Crippen LogP contribution in [0.5, 0.6) is 5.75 Å².